The molecule has 1 N–H and O–H groups in total. The molecular formula is C20H17N5. The van der Waals surface area contributed by atoms with Crippen molar-refractivity contribution in [3.8, 4) is 0 Å². The van der Waals surface area contributed by atoms with E-state index in [0.29, 0.717) is 0 Å². The number of hydrogen-bond acceptors (Lipinski definition) is 4. The van der Waals surface area contributed by atoms with E-state index in [1.807, 2.05) is 72.8 Å². The monoisotopic (exact) mass is 327 g/mol. The van der Waals surface area contributed by atoms with Crippen LogP contribution in [-0.2, 0) is 0 Å². The van der Waals surface area contributed by atoms with Crippen LogP contribution in [0.3, 0.4) is 0 Å². The van der Waals surface area contributed by atoms with Crippen LogP contribution in [0.25, 0.3) is 0 Å². The average molecular weight is 327 g/mol. The Kier molecular flexibility index (Phi) is 5.78. The van der Waals surface area contributed by atoms with Crippen molar-refractivity contribution < 1.29 is 0 Å². The van der Waals surface area contributed by atoms with Crippen molar-refractivity contribution in [2.24, 2.45) is 20.4 Å². The number of H-pyrrole nitrogens is 1. The average Bonchev–Trinajstić information content (AvgIpc) is 3.12. The Bertz CT molecular complexity index is 816. The predicted octanol–water partition coefficient (Wildman–Crippen LogP) is 3.92. The van der Waals surface area contributed by atoms with Crippen LogP contribution >= 0.6 is 0 Å². The van der Waals surface area contributed by atoms with Gasteiger partial charge in [0, 0.05) is 0 Å². The lowest BCUT2D eigenvalue weighted by atomic mass is 10.2. The summed E-state index contributed by atoms with van der Waals surface area (Å²) in [5.41, 5.74) is 3.71. The van der Waals surface area contributed by atoms with Crippen molar-refractivity contribution in [1.29, 1.82) is 0 Å². The summed E-state index contributed by atoms with van der Waals surface area (Å²) in [6.45, 7) is 0. The molecule has 25 heavy (non-hydrogen) atoms. The highest BCUT2D eigenvalue weighted by Gasteiger charge is 1.92. The summed E-state index contributed by atoms with van der Waals surface area (Å²) in [6, 6.07) is 23.5. The summed E-state index contributed by atoms with van der Waals surface area (Å²) >= 11 is 0. The Morgan fingerprint density at radius 1 is 0.480 bits per heavy atom. The molecule has 0 spiro atoms. The van der Waals surface area contributed by atoms with Gasteiger partial charge in [-0.15, -0.1) is 0 Å². The number of aromatic amines is 1. The molecule has 0 bridgehead atoms. The summed E-state index contributed by atoms with van der Waals surface area (Å²) in [7, 11) is 0. The van der Waals surface area contributed by atoms with Gasteiger partial charge in [-0.3, -0.25) is 0 Å². The second kappa shape index (κ2) is 8.88. The topological polar surface area (TPSA) is 65.2 Å². The molecule has 5 heteroatoms. The number of hydrogen-bond donors (Lipinski definition) is 1. The maximum Gasteiger partial charge on any atom is 0.0730 e. The lowest BCUT2D eigenvalue weighted by molar-refractivity contribution is 1.24. The number of nitrogens with zero attached hydrogens (tertiary/aromatic N) is 4. The van der Waals surface area contributed by atoms with Crippen LogP contribution in [0.2, 0.25) is 0 Å². The highest BCUT2D eigenvalue weighted by Crippen LogP contribution is 1.99. The van der Waals surface area contributed by atoms with Gasteiger partial charge in [-0.2, -0.15) is 20.4 Å². The lowest BCUT2D eigenvalue weighted by Gasteiger charge is -1.88. The minimum Gasteiger partial charge on any atom is -0.353 e. The smallest absolute Gasteiger partial charge is 0.0730 e. The van der Waals surface area contributed by atoms with Crippen molar-refractivity contribution in [2.45, 2.75) is 0 Å². The summed E-state index contributed by atoms with van der Waals surface area (Å²) in [6.07, 6.45) is 6.73. The van der Waals surface area contributed by atoms with Crippen LogP contribution in [0.1, 0.15) is 22.5 Å². The van der Waals surface area contributed by atoms with E-state index >= 15 is 0 Å². The summed E-state index contributed by atoms with van der Waals surface area (Å²) < 4.78 is 0. The van der Waals surface area contributed by atoms with Crippen LogP contribution < -0.4 is 0 Å². The van der Waals surface area contributed by atoms with Crippen LogP contribution in [-0.4, -0.2) is 29.8 Å². The first-order valence-corrected chi connectivity index (χ1v) is 7.82. The number of nitrogens with one attached hydrogen (secondary N) is 1. The predicted molar refractivity (Wildman–Crippen MR) is 104 cm³/mol. The summed E-state index contributed by atoms with van der Waals surface area (Å²) in [5, 5.41) is 16.1. The van der Waals surface area contributed by atoms with Gasteiger partial charge in [-0.1, -0.05) is 60.7 Å². The van der Waals surface area contributed by atoms with Crippen LogP contribution in [0.5, 0.6) is 0 Å². The van der Waals surface area contributed by atoms with Crippen LogP contribution in [0.15, 0.2) is 93.2 Å². The Labute approximate surface area is 146 Å². The van der Waals surface area contributed by atoms with Gasteiger partial charge in [0.25, 0.3) is 0 Å². The maximum atomic E-state index is 4.03. The molecule has 0 amide bonds. The van der Waals surface area contributed by atoms with Crippen molar-refractivity contribution in [2.75, 3.05) is 0 Å². The molecule has 2 aromatic carbocycles. The van der Waals surface area contributed by atoms with Gasteiger partial charge in [0.1, 0.15) is 0 Å². The zero-order chi connectivity index (χ0) is 17.2. The summed E-state index contributed by atoms with van der Waals surface area (Å²) in [5.74, 6) is 0. The van der Waals surface area contributed by atoms with E-state index in [1.165, 1.54) is 0 Å². The minimum atomic E-state index is 0.846. The highest BCUT2D eigenvalue weighted by molar-refractivity contribution is 5.85. The first kappa shape index (κ1) is 16.3. The van der Waals surface area contributed by atoms with E-state index in [2.05, 4.69) is 25.4 Å². The fourth-order valence-electron chi connectivity index (χ4n) is 2.05. The third-order valence-electron chi connectivity index (χ3n) is 3.27. The second-order valence-corrected chi connectivity index (χ2v) is 5.17. The molecule has 0 aliphatic heterocycles. The molecule has 0 fully saturated rings. The molecule has 3 aromatic rings. The Balaban J connectivity index is 1.53. The second-order valence-electron chi connectivity index (χ2n) is 5.17. The normalized spacial score (nSPS) is 12.2. The third-order valence-corrected chi connectivity index (χ3v) is 3.27. The molecule has 0 saturated carbocycles. The zero-order valence-electron chi connectivity index (χ0n) is 13.5. The number of benzene rings is 2. The van der Waals surface area contributed by atoms with E-state index < -0.39 is 0 Å². The van der Waals surface area contributed by atoms with E-state index in [4.69, 9.17) is 0 Å². The molecule has 3 rings (SSSR count). The van der Waals surface area contributed by atoms with Crippen LogP contribution in [0, 0.1) is 0 Å². The molecule has 1 heterocycles. The third kappa shape index (κ3) is 5.51. The quantitative estimate of drug-likeness (QED) is 0.527. The van der Waals surface area contributed by atoms with Crippen molar-refractivity contribution in [3.63, 3.8) is 0 Å². The molecule has 1 aromatic heterocycles. The molecule has 0 atom stereocenters. The van der Waals surface area contributed by atoms with E-state index in [0.717, 1.165) is 22.5 Å². The Morgan fingerprint density at radius 3 is 1.32 bits per heavy atom. The first-order valence-electron chi connectivity index (χ1n) is 7.82. The molecule has 0 unspecified atom stereocenters. The fourth-order valence-corrected chi connectivity index (χ4v) is 2.05. The minimum absolute atomic E-state index is 0.846. The van der Waals surface area contributed by atoms with Gasteiger partial charge < -0.3 is 4.98 Å². The molecule has 122 valence electrons. The van der Waals surface area contributed by atoms with Gasteiger partial charge in [-0.05, 0) is 23.3 Å². The maximum absolute atomic E-state index is 4.03. The lowest BCUT2D eigenvalue weighted by Crippen LogP contribution is -1.84. The summed E-state index contributed by atoms with van der Waals surface area (Å²) in [4.78, 5) is 3.16. The van der Waals surface area contributed by atoms with Crippen molar-refractivity contribution >= 4 is 24.9 Å². The Hall–Kier alpha value is -3.60. The fraction of sp³-hybridized carbons (Fsp3) is 0. The number of aromatic nitrogens is 1. The zero-order valence-corrected chi connectivity index (χ0v) is 13.5. The number of rotatable bonds is 6. The van der Waals surface area contributed by atoms with E-state index in [9.17, 15) is 0 Å². The molecule has 0 saturated heterocycles. The van der Waals surface area contributed by atoms with Gasteiger partial charge in [-0.25, -0.2) is 0 Å². The molecule has 0 radical (unpaired) electrons. The first-order chi connectivity index (χ1) is 12.4. The van der Waals surface area contributed by atoms with Crippen molar-refractivity contribution in [3.05, 3.63) is 95.3 Å². The highest BCUT2D eigenvalue weighted by atomic mass is 15.2. The molecule has 0 aliphatic carbocycles. The van der Waals surface area contributed by atoms with Gasteiger partial charge in [0.05, 0.1) is 36.2 Å². The van der Waals surface area contributed by atoms with Gasteiger partial charge in [0.15, 0.2) is 0 Å². The standard InChI is InChI=1S/C20H17N5/c1-3-7-17(8-4-1)13-21-23-15-19-11-12-20(25-19)16-24-22-14-18-9-5-2-6-10-18/h1-16,25H/b21-13-,22-14-,23-15+,24-16?. The SMILES string of the molecule is C(=N/N=C\c1ccccc1)c1ccc(/C=N/N=C\c2ccccc2)[nH]1. The van der Waals surface area contributed by atoms with Gasteiger partial charge >= 0.3 is 0 Å². The van der Waals surface area contributed by atoms with Crippen LogP contribution in [0.4, 0.5) is 0 Å². The molecule has 0 aliphatic rings. The molecule has 5 nitrogen and oxygen atoms in total. The van der Waals surface area contributed by atoms with Gasteiger partial charge in [0.2, 0.25) is 0 Å². The van der Waals surface area contributed by atoms with E-state index in [-0.39, 0.29) is 0 Å². The van der Waals surface area contributed by atoms with Crippen molar-refractivity contribution in [1.82, 2.24) is 4.98 Å². The van der Waals surface area contributed by atoms with E-state index in [1.54, 1.807) is 24.9 Å². The molecular weight excluding hydrogens is 310 g/mol. The largest absolute Gasteiger partial charge is 0.353 e. The Morgan fingerprint density at radius 2 is 0.880 bits per heavy atom.